The summed E-state index contributed by atoms with van der Waals surface area (Å²) in [7, 11) is 0. The predicted molar refractivity (Wildman–Crippen MR) is 93.7 cm³/mol. The molecule has 0 amide bonds. The molecule has 0 spiro atoms. The maximum Gasteiger partial charge on any atom is 0.198 e. The van der Waals surface area contributed by atoms with E-state index in [1.807, 2.05) is 0 Å². The summed E-state index contributed by atoms with van der Waals surface area (Å²) in [6.07, 6.45) is 3.72. The van der Waals surface area contributed by atoms with Gasteiger partial charge in [0.05, 0.1) is 6.54 Å². The van der Waals surface area contributed by atoms with Crippen LogP contribution in [0, 0.1) is 0 Å². The SMILES string of the molecule is CCNC(=NCC1CCCN1CC)N1CCc2ccccc21. The lowest BCUT2D eigenvalue weighted by atomic mass is 10.2. The summed E-state index contributed by atoms with van der Waals surface area (Å²) in [6.45, 7) is 9.64. The minimum absolute atomic E-state index is 0.622. The number of likely N-dealkylation sites (tertiary alicyclic amines) is 1. The average molecular weight is 300 g/mol. The Balaban J connectivity index is 1.74. The quantitative estimate of drug-likeness (QED) is 0.685. The molecule has 2 heterocycles. The van der Waals surface area contributed by atoms with Crippen LogP contribution in [0.15, 0.2) is 29.3 Å². The molecule has 1 atom stereocenters. The van der Waals surface area contributed by atoms with Gasteiger partial charge in [-0.15, -0.1) is 0 Å². The van der Waals surface area contributed by atoms with Gasteiger partial charge in [-0.3, -0.25) is 9.89 Å². The molecule has 0 aromatic heterocycles. The van der Waals surface area contributed by atoms with E-state index in [1.165, 1.54) is 30.6 Å². The van der Waals surface area contributed by atoms with Gasteiger partial charge in [-0.1, -0.05) is 25.1 Å². The molecule has 1 N–H and O–H groups in total. The number of hydrogen-bond acceptors (Lipinski definition) is 2. The normalized spacial score (nSPS) is 22.2. The van der Waals surface area contributed by atoms with E-state index >= 15 is 0 Å². The maximum atomic E-state index is 4.96. The van der Waals surface area contributed by atoms with Gasteiger partial charge in [-0.25, -0.2) is 0 Å². The Bertz CT molecular complexity index is 526. The van der Waals surface area contributed by atoms with Crippen molar-refractivity contribution in [2.75, 3.05) is 37.6 Å². The largest absolute Gasteiger partial charge is 0.356 e. The van der Waals surface area contributed by atoms with E-state index in [1.54, 1.807) is 0 Å². The third-order valence-electron chi connectivity index (χ3n) is 4.83. The highest BCUT2D eigenvalue weighted by molar-refractivity contribution is 5.97. The third-order valence-corrected chi connectivity index (χ3v) is 4.83. The number of aliphatic imine (C=N–C) groups is 1. The fourth-order valence-corrected chi connectivity index (χ4v) is 3.66. The van der Waals surface area contributed by atoms with Crippen molar-refractivity contribution in [2.45, 2.75) is 39.2 Å². The van der Waals surface area contributed by atoms with Crippen molar-refractivity contribution >= 4 is 11.6 Å². The van der Waals surface area contributed by atoms with Gasteiger partial charge in [0, 0.05) is 24.8 Å². The molecule has 4 heteroatoms. The first-order valence-corrected chi connectivity index (χ1v) is 8.71. The summed E-state index contributed by atoms with van der Waals surface area (Å²) in [5.41, 5.74) is 2.75. The summed E-state index contributed by atoms with van der Waals surface area (Å²) < 4.78 is 0. The number of fused-ring (bicyclic) bond motifs is 1. The topological polar surface area (TPSA) is 30.9 Å². The van der Waals surface area contributed by atoms with E-state index in [-0.39, 0.29) is 0 Å². The van der Waals surface area contributed by atoms with Crippen LogP contribution in [-0.4, -0.2) is 49.6 Å². The van der Waals surface area contributed by atoms with Gasteiger partial charge in [0.15, 0.2) is 5.96 Å². The van der Waals surface area contributed by atoms with Crippen molar-refractivity contribution in [3.63, 3.8) is 0 Å². The molecule has 120 valence electrons. The zero-order valence-corrected chi connectivity index (χ0v) is 13.9. The Morgan fingerprint density at radius 1 is 1.27 bits per heavy atom. The summed E-state index contributed by atoms with van der Waals surface area (Å²) >= 11 is 0. The van der Waals surface area contributed by atoms with Crippen LogP contribution in [-0.2, 0) is 6.42 Å². The molecular weight excluding hydrogens is 272 g/mol. The smallest absolute Gasteiger partial charge is 0.198 e. The minimum atomic E-state index is 0.622. The molecule has 1 aromatic carbocycles. The number of hydrogen-bond donors (Lipinski definition) is 1. The number of guanidine groups is 1. The Labute approximate surface area is 134 Å². The number of benzene rings is 1. The van der Waals surface area contributed by atoms with Gasteiger partial charge >= 0.3 is 0 Å². The fraction of sp³-hybridized carbons (Fsp3) is 0.611. The standard InChI is InChI=1S/C18H28N4/c1-3-19-18(20-14-16-9-7-12-21(16)4-2)22-13-11-15-8-5-6-10-17(15)22/h5-6,8,10,16H,3-4,7,9,11-14H2,1-2H3,(H,19,20). The van der Waals surface area contributed by atoms with Crippen LogP contribution in [0.4, 0.5) is 5.69 Å². The second-order valence-electron chi connectivity index (χ2n) is 6.15. The maximum absolute atomic E-state index is 4.96. The first kappa shape index (κ1) is 15.3. The van der Waals surface area contributed by atoms with Crippen molar-refractivity contribution in [1.29, 1.82) is 0 Å². The lowest BCUT2D eigenvalue weighted by Crippen LogP contribution is -2.42. The third kappa shape index (κ3) is 3.12. The second-order valence-corrected chi connectivity index (χ2v) is 6.15. The highest BCUT2D eigenvalue weighted by atomic mass is 15.3. The summed E-state index contributed by atoms with van der Waals surface area (Å²) in [5, 5.41) is 3.48. The van der Waals surface area contributed by atoms with Crippen molar-refractivity contribution in [2.24, 2.45) is 4.99 Å². The number of nitrogens with one attached hydrogen (secondary N) is 1. The number of nitrogens with zero attached hydrogens (tertiary/aromatic N) is 3. The molecule has 22 heavy (non-hydrogen) atoms. The van der Waals surface area contributed by atoms with Crippen LogP contribution in [0.5, 0.6) is 0 Å². The number of rotatable bonds is 4. The molecule has 0 bridgehead atoms. The molecule has 4 nitrogen and oxygen atoms in total. The molecule has 0 radical (unpaired) electrons. The molecular formula is C18H28N4. The zero-order chi connectivity index (χ0) is 15.4. The number of para-hydroxylation sites is 1. The van der Waals surface area contributed by atoms with Gasteiger partial charge in [0.25, 0.3) is 0 Å². The number of anilines is 1. The van der Waals surface area contributed by atoms with E-state index in [2.05, 4.69) is 53.2 Å². The Kier molecular flexibility index (Phi) is 4.98. The Morgan fingerprint density at radius 3 is 2.95 bits per heavy atom. The Morgan fingerprint density at radius 2 is 2.14 bits per heavy atom. The number of likely N-dealkylation sites (N-methyl/N-ethyl adjacent to an activating group) is 1. The van der Waals surface area contributed by atoms with Crippen molar-refractivity contribution in [3.8, 4) is 0 Å². The van der Waals surface area contributed by atoms with E-state index in [9.17, 15) is 0 Å². The zero-order valence-electron chi connectivity index (χ0n) is 13.9. The monoisotopic (exact) mass is 300 g/mol. The van der Waals surface area contributed by atoms with Crippen molar-refractivity contribution in [1.82, 2.24) is 10.2 Å². The van der Waals surface area contributed by atoms with Crippen LogP contribution in [0.3, 0.4) is 0 Å². The lowest BCUT2D eigenvalue weighted by Gasteiger charge is -2.25. The molecule has 3 rings (SSSR count). The highest BCUT2D eigenvalue weighted by Crippen LogP contribution is 2.27. The van der Waals surface area contributed by atoms with Crippen molar-refractivity contribution < 1.29 is 0 Å². The van der Waals surface area contributed by atoms with Gasteiger partial charge in [-0.2, -0.15) is 0 Å². The molecule has 1 aromatic rings. The van der Waals surface area contributed by atoms with Gasteiger partial charge in [-0.05, 0) is 50.9 Å². The average Bonchev–Trinajstić information content (AvgIpc) is 3.18. The van der Waals surface area contributed by atoms with Crippen LogP contribution in [0.1, 0.15) is 32.3 Å². The van der Waals surface area contributed by atoms with E-state index in [0.717, 1.165) is 38.6 Å². The fourth-order valence-electron chi connectivity index (χ4n) is 3.66. The van der Waals surface area contributed by atoms with E-state index in [0.29, 0.717) is 6.04 Å². The molecule has 1 unspecified atom stereocenters. The highest BCUT2D eigenvalue weighted by Gasteiger charge is 2.25. The lowest BCUT2D eigenvalue weighted by molar-refractivity contribution is 0.273. The van der Waals surface area contributed by atoms with Gasteiger partial charge in [0.1, 0.15) is 0 Å². The van der Waals surface area contributed by atoms with Crippen LogP contribution in [0.2, 0.25) is 0 Å². The summed E-state index contributed by atoms with van der Waals surface area (Å²) in [4.78, 5) is 9.88. The predicted octanol–water partition coefficient (Wildman–Crippen LogP) is 2.50. The molecule has 1 saturated heterocycles. The summed E-state index contributed by atoms with van der Waals surface area (Å²) in [5.74, 6) is 1.05. The van der Waals surface area contributed by atoms with Gasteiger partial charge < -0.3 is 10.2 Å². The van der Waals surface area contributed by atoms with Crippen LogP contribution < -0.4 is 10.2 Å². The first-order chi connectivity index (χ1) is 10.8. The first-order valence-electron chi connectivity index (χ1n) is 8.71. The van der Waals surface area contributed by atoms with Crippen molar-refractivity contribution in [3.05, 3.63) is 29.8 Å². The molecule has 0 aliphatic carbocycles. The second kappa shape index (κ2) is 7.14. The molecule has 2 aliphatic rings. The molecule has 1 fully saturated rings. The summed E-state index contributed by atoms with van der Waals surface area (Å²) in [6, 6.07) is 9.31. The Hall–Kier alpha value is -1.55. The van der Waals surface area contributed by atoms with Crippen LogP contribution >= 0.6 is 0 Å². The molecule has 2 aliphatic heterocycles. The van der Waals surface area contributed by atoms with Gasteiger partial charge in [0.2, 0.25) is 0 Å². The van der Waals surface area contributed by atoms with E-state index in [4.69, 9.17) is 4.99 Å². The minimum Gasteiger partial charge on any atom is -0.356 e. The molecule has 0 saturated carbocycles. The van der Waals surface area contributed by atoms with Crippen LogP contribution in [0.25, 0.3) is 0 Å². The van der Waals surface area contributed by atoms with E-state index < -0.39 is 0 Å².